The van der Waals surface area contributed by atoms with Gasteiger partial charge in [0.25, 0.3) is 0 Å². The first kappa shape index (κ1) is 13.1. The van der Waals surface area contributed by atoms with Gasteiger partial charge in [0.15, 0.2) is 0 Å². The molecule has 0 bridgehead atoms. The van der Waals surface area contributed by atoms with Crippen LogP contribution < -0.4 is 5.32 Å². The Bertz CT molecular complexity index is 448. The van der Waals surface area contributed by atoms with E-state index in [1.807, 2.05) is 11.4 Å². The molecular formula is C14H20N2O2S. The number of rotatable bonds is 4. The van der Waals surface area contributed by atoms with Crippen LogP contribution in [0.5, 0.6) is 0 Å². The zero-order valence-corrected chi connectivity index (χ0v) is 11.8. The third kappa shape index (κ3) is 2.55. The molecule has 19 heavy (non-hydrogen) atoms. The second-order valence-corrected chi connectivity index (χ2v) is 6.64. The maximum Gasteiger partial charge on any atom is 0.324 e. The van der Waals surface area contributed by atoms with Crippen molar-refractivity contribution in [3.05, 3.63) is 22.4 Å². The van der Waals surface area contributed by atoms with Crippen LogP contribution >= 0.6 is 11.3 Å². The molecule has 3 heterocycles. The zero-order chi connectivity index (χ0) is 13.3. The number of carboxylic acids is 1. The van der Waals surface area contributed by atoms with Gasteiger partial charge >= 0.3 is 5.97 Å². The average Bonchev–Trinajstić information content (AvgIpc) is 3.06. The van der Waals surface area contributed by atoms with E-state index in [0.717, 1.165) is 25.9 Å². The number of hydrogen-bond donors (Lipinski definition) is 2. The molecule has 2 aliphatic rings. The molecule has 2 atom stereocenters. The van der Waals surface area contributed by atoms with Crippen molar-refractivity contribution in [2.45, 2.75) is 43.8 Å². The second kappa shape index (κ2) is 5.23. The smallest absolute Gasteiger partial charge is 0.324 e. The van der Waals surface area contributed by atoms with Crippen molar-refractivity contribution >= 4 is 17.3 Å². The van der Waals surface area contributed by atoms with Gasteiger partial charge in [-0.05, 0) is 43.7 Å². The molecule has 0 aromatic carbocycles. The lowest BCUT2D eigenvalue weighted by molar-refractivity contribution is -0.148. The molecule has 2 unspecified atom stereocenters. The Morgan fingerprint density at radius 2 is 2.47 bits per heavy atom. The highest BCUT2D eigenvalue weighted by Gasteiger charge is 2.46. The van der Waals surface area contributed by atoms with Gasteiger partial charge in [-0.15, -0.1) is 11.3 Å². The molecule has 104 valence electrons. The van der Waals surface area contributed by atoms with Crippen LogP contribution in [-0.4, -0.2) is 40.6 Å². The molecule has 0 saturated carbocycles. The van der Waals surface area contributed by atoms with Gasteiger partial charge in [-0.2, -0.15) is 0 Å². The third-order valence-corrected chi connectivity index (χ3v) is 5.38. The Hall–Kier alpha value is -0.910. The fraction of sp³-hybridized carbons (Fsp3) is 0.643. The number of carboxylic acid groups (broad SMARTS) is 1. The summed E-state index contributed by atoms with van der Waals surface area (Å²) < 4.78 is 0. The minimum atomic E-state index is -0.727. The van der Waals surface area contributed by atoms with E-state index < -0.39 is 11.5 Å². The predicted molar refractivity (Wildman–Crippen MR) is 75.4 cm³/mol. The van der Waals surface area contributed by atoms with Crippen LogP contribution in [0.15, 0.2) is 17.5 Å². The van der Waals surface area contributed by atoms with E-state index in [1.165, 1.54) is 11.3 Å². The quantitative estimate of drug-likeness (QED) is 0.885. The maximum atomic E-state index is 11.7. The zero-order valence-electron chi connectivity index (χ0n) is 11.0. The van der Waals surface area contributed by atoms with Gasteiger partial charge in [-0.1, -0.05) is 6.07 Å². The van der Waals surface area contributed by atoms with E-state index in [0.29, 0.717) is 19.0 Å². The molecule has 2 N–H and O–H groups in total. The third-order valence-electron chi connectivity index (χ3n) is 4.50. The van der Waals surface area contributed by atoms with E-state index in [1.54, 1.807) is 11.3 Å². The normalized spacial score (nSPS) is 31.3. The van der Waals surface area contributed by atoms with Gasteiger partial charge in [0.2, 0.25) is 0 Å². The number of carbonyl (C=O) groups is 1. The maximum absolute atomic E-state index is 11.7. The summed E-state index contributed by atoms with van der Waals surface area (Å²) in [4.78, 5) is 15.4. The van der Waals surface area contributed by atoms with Crippen molar-refractivity contribution in [3.8, 4) is 0 Å². The molecule has 0 aliphatic carbocycles. The number of nitrogens with one attached hydrogen (secondary N) is 1. The van der Waals surface area contributed by atoms with Gasteiger partial charge in [0.05, 0.1) is 0 Å². The summed E-state index contributed by atoms with van der Waals surface area (Å²) in [6.45, 7) is 2.72. The Morgan fingerprint density at radius 1 is 1.58 bits per heavy atom. The molecule has 1 aromatic heterocycles. The largest absolute Gasteiger partial charge is 0.480 e. The van der Waals surface area contributed by atoms with E-state index in [2.05, 4.69) is 16.3 Å². The van der Waals surface area contributed by atoms with Crippen molar-refractivity contribution in [1.29, 1.82) is 0 Å². The topological polar surface area (TPSA) is 52.6 Å². The molecule has 2 saturated heterocycles. The van der Waals surface area contributed by atoms with E-state index in [9.17, 15) is 9.90 Å². The molecule has 3 rings (SSSR count). The van der Waals surface area contributed by atoms with Crippen molar-refractivity contribution in [3.63, 3.8) is 0 Å². The summed E-state index contributed by atoms with van der Waals surface area (Å²) in [5, 5.41) is 15.0. The lowest BCUT2D eigenvalue weighted by Crippen LogP contribution is -2.59. The summed E-state index contributed by atoms with van der Waals surface area (Å²) in [6.07, 6.45) is 3.82. The molecular weight excluding hydrogens is 260 g/mol. The fourth-order valence-electron chi connectivity index (χ4n) is 3.36. The molecule has 1 aromatic rings. The summed E-state index contributed by atoms with van der Waals surface area (Å²) in [7, 11) is 0. The lowest BCUT2D eigenvalue weighted by Gasteiger charge is -2.42. The first-order chi connectivity index (χ1) is 9.20. The molecule has 2 fully saturated rings. The average molecular weight is 280 g/mol. The van der Waals surface area contributed by atoms with Gasteiger partial charge < -0.3 is 10.0 Å². The second-order valence-electron chi connectivity index (χ2n) is 5.61. The van der Waals surface area contributed by atoms with Gasteiger partial charge in [-0.25, -0.2) is 0 Å². The van der Waals surface area contributed by atoms with Crippen molar-refractivity contribution in [2.24, 2.45) is 0 Å². The van der Waals surface area contributed by atoms with Crippen LogP contribution in [0.2, 0.25) is 0 Å². The Morgan fingerprint density at radius 3 is 3.21 bits per heavy atom. The standard InChI is InChI=1S/C14H20N2O2S/c17-13(18)14(15-10-12-4-2-8-19-12)5-7-16-6-1-3-11(16)9-14/h2,4,8,11,15H,1,3,5-7,9-10H2,(H,17,18). The van der Waals surface area contributed by atoms with Gasteiger partial charge in [-0.3, -0.25) is 10.1 Å². The summed E-state index contributed by atoms with van der Waals surface area (Å²) in [5.74, 6) is -0.685. The number of fused-ring (bicyclic) bond motifs is 1. The molecule has 2 aliphatic heterocycles. The molecule has 4 nitrogen and oxygen atoms in total. The number of nitrogens with zero attached hydrogens (tertiary/aromatic N) is 1. The predicted octanol–water partition coefficient (Wildman–Crippen LogP) is 1.92. The molecule has 0 amide bonds. The van der Waals surface area contributed by atoms with Crippen LogP contribution in [0, 0.1) is 0 Å². The van der Waals surface area contributed by atoms with Crippen LogP contribution in [-0.2, 0) is 11.3 Å². The molecule has 0 radical (unpaired) electrons. The van der Waals surface area contributed by atoms with E-state index >= 15 is 0 Å². The minimum absolute atomic E-state index is 0.459. The van der Waals surface area contributed by atoms with Crippen LogP contribution in [0.3, 0.4) is 0 Å². The van der Waals surface area contributed by atoms with Crippen molar-refractivity contribution in [1.82, 2.24) is 10.2 Å². The van der Waals surface area contributed by atoms with E-state index in [-0.39, 0.29) is 0 Å². The number of thiophene rings is 1. The first-order valence-electron chi connectivity index (χ1n) is 6.94. The first-order valence-corrected chi connectivity index (χ1v) is 7.82. The number of hydrogen-bond acceptors (Lipinski definition) is 4. The number of piperidine rings is 1. The lowest BCUT2D eigenvalue weighted by atomic mass is 9.83. The van der Waals surface area contributed by atoms with Crippen LogP contribution in [0.25, 0.3) is 0 Å². The monoisotopic (exact) mass is 280 g/mol. The summed E-state index contributed by atoms with van der Waals surface area (Å²) in [5.41, 5.74) is -0.727. The molecule has 0 spiro atoms. The van der Waals surface area contributed by atoms with Gasteiger partial charge in [0, 0.05) is 24.0 Å². The van der Waals surface area contributed by atoms with E-state index in [4.69, 9.17) is 0 Å². The Balaban J connectivity index is 1.70. The summed E-state index contributed by atoms with van der Waals surface area (Å²) in [6, 6.07) is 4.52. The Labute approximate surface area is 117 Å². The van der Waals surface area contributed by atoms with Crippen LogP contribution in [0.1, 0.15) is 30.6 Å². The highest BCUT2D eigenvalue weighted by atomic mass is 32.1. The highest BCUT2D eigenvalue weighted by molar-refractivity contribution is 7.09. The van der Waals surface area contributed by atoms with Crippen molar-refractivity contribution < 1.29 is 9.90 Å². The highest BCUT2D eigenvalue weighted by Crippen LogP contribution is 2.33. The minimum Gasteiger partial charge on any atom is -0.480 e. The number of aliphatic carboxylic acids is 1. The van der Waals surface area contributed by atoms with Crippen LogP contribution in [0.4, 0.5) is 0 Å². The Kier molecular flexibility index (Phi) is 3.60. The fourth-order valence-corrected chi connectivity index (χ4v) is 4.00. The summed E-state index contributed by atoms with van der Waals surface area (Å²) >= 11 is 1.68. The molecule has 5 heteroatoms. The van der Waals surface area contributed by atoms with Crippen molar-refractivity contribution in [2.75, 3.05) is 13.1 Å². The SMILES string of the molecule is O=C(O)C1(NCc2cccs2)CCN2CCCC2C1. The van der Waals surface area contributed by atoms with Gasteiger partial charge in [0.1, 0.15) is 5.54 Å².